The standard InChI is InChI=1S/C29H23N3/c1-2-28-30-24-14-9-15-26-29(24)32(28)25-19-18-22(17-16-21-10-5-3-6-11-21)20-27(25)31(26)23-12-7-4-8-13-23/h3-20H,2H2,1H3/b17-16+. The lowest BCUT2D eigenvalue weighted by Gasteiger charge is -2.33. The number of benzene rings is 4. The largest absolute Gasteiger partial charge is 0.306 e. The normalized spacial score (nSPS) is 12.5. The van der Waals surface area contributed by atoms with Crippen LogP contribution in [0.1, 0.15) is 23.9 Å². The number of fused-ring (bicyclic) bond motifs is 2. The van der Waals surface area contributed by atoms with Crippen LogP contribution in [0.3, 0.4) is 0 Å². The minimum atomic E-state index is 0.883. The van der Waals surface area contributed by atoms with Gasteiger partial charge in [-0.25, -0.2) is 4.98 Å². The average Bonchev–Trinajstić information content (AvgIpc) is 3.24. The number of rotatable bonds is 4. The van der Waals surface area contributed by atoms with Crippen molar-refractivity contribution in [1.82, 2.24) is 9.55 Å². The molecule has 0 aliphatic carbocycles. The Labute approximate surface area is 187 Å². The molecule has 1 aromatic heterocycles. The van der Waals surface area contributed by atoms with E-state index in [1.807, 2.05) is 6.07 Å². The van der Waals surface area contributed by atoms with Crippen LogP contribution in [0.15, 0.2) is 97.1 Å². The van der Waals surface area contributed by atoms with E-state index in [2.05, 4.69) is 120 Å². The molecule has 154 valence electrons. The molecular formula is C29H23N3. The number of hydrogen-bond donors (Lipinski definition) is 0. The first-order chi connectivity index (χ1) is 15.8. The lowest BCUT2D eigenvalue weighted by atomic mass is 10.0. The van der Waals surface area contributed by atoms with Crippen molar-refractivity contribution in [2.24, 2.45) is 0 Å². The molecule has 0 unspecified atom stereocenters. The molecule has 32 heavy (non-hydrogen) atoms. The summed E-state index contributed by atoms with van der Waals surface area (Å²) in [5, 5.41) is 0. The molecule has 6 rings (SSSR count). The van der Waals surface area contributed by atoms with E-state index in [0.29, 0.717) is 0 Å². The number of para-hydroxylation sites is 2. The Morgan fingerprint density at radius 1 is 0.688 bits per heavy atom. The van der Waals surface area contributed by atoms with Crippen LogP contribution in [0.25, 0.3) is 28.9 Å². The van der Waals surface area contributed by atoms with Gasteiger partial charge >= 0.3 is 0 Å². The number of anilines is 3. The van der Waals surface area contributed by atoms with E-state index in [9.17, 15) is 0 Å². The number of aryl methyl sites for hydroxylation is 1. The van der Waals surface area contributed by atoms with Crippen molar-refractivity contribution in [3.63, 3.8) is 0 Å². The predicted octanol–water partition coefficient (Wildman–Crippen LogP) is 7.54. The molecule has 0 bridgehead atoms. The van der Waals surface area contributed by atoms with Crippen LogP contribution >= 0.6 is 0 Å². The van der Waals surface area contributed by atoms with Crippen LogP contribution < -0.4 is 4.90 Å². The second-order valence-corrected chi connectivity index (χ2v) is 8.02. The Morgan fingerprint density at radius 3 is 2.22 bits per heavy atom. The molecule has 1 aliphatic rings. The quantitative estimate of drug-likeness (QED) is 0.278. The third kappa shape index (κ3) is 2.94. The van der Waals surface area contributed by atoms with Crippen molar-refractivity contribution >= 4 is 40.2 Å². The second-order valence-electron chi connectivity index (χ2n) is 8.02. The highest BCUT2D eigenvalue weighted by Crippen LogP contribution is 2.47. The van der Waals surface area contributed by atoms with Crippen molar-refractivity contribution in [3.8, 4) is 5.69 Å². The smallest absolute Gasteiger partial charge is 0.114 e. The maximum absolute atomic E-state index is 4.95. The zero-order valence-electron chi connectivity index (χ0n) is 17.9. The average molecular weight is 414 g/mol. The number of aromatic nitrogens is 2. The van der Waals surface area contributed by atoms with Gasteiger partial charge in [-0.2, -0.15) is 0 Å². The van der Waals surface area contributed by atoms with Crippen LogP contribution in [-0.4, -0.2) is 9.55 Å². The van der Waals surface area contributed by atoms with Crippen LogP contribution in [-0.2, 0) is 6.42 Å². The molecule has 3 nitrogen and oxygen atoms in total. The monoisotopic (exact) mass is 413 g/mol. The molecule has 0 atom stereocenters. The van der Waals surface area contributed by atoms with E-state index in [4.69, 9.17) is 4.98 Å². The van der Waals surface area contributed by atoms with Gasteiger partial charge in [0, 0.05) is 12.1 Å². The molecule has 2 heterocycles. The fraction of sp³-hybridized carbons (Fsp3) is 0.0690. The highest BCUT2D eigenvalue weighted by Gasteiger charge is 2.28. The first kappa shape index (κ1) is 18.6. The van der Waals surface area contributed by atoms with Gasteiger partial charge in [-0.15, -0.1) is 0 Å². The molecule has 0 saturated carbocycles. The van der Waals surface area contributed by atoms with Gasteiger partial charge in [0.15, 0.2) is 0 Å². The summed E-state index contributed by atoms with van der Waals surface area (Å²) in [4.78, 5) is 7.31. The predicted molar refractivity (Wildman–Crippen MR) is 134 cm³/mol. The third-order valence-electron chi connectivity index (χ3n) is 6.05. The van der Waals surface area contributed by atoms with Gasteiger partial charge in [0.2, 0.25) is 0 Å². The van der Waals surface area contributed by atoms with Gasteiger partial charge in [-0.3, -0.25) is 4.57 Å². The lowest BCUT2D eigenvalue weighted by Crippen LogP contribution is -2.19. The molecular weight excluding hydrogens is 390 g/mol. The topological polar surface area (TPSA) is 21.1 Å². The fourth-order valence-electron chi connectivity index (χ4n) is 4.59. The van der Waals surface area contributed by atoms with E-state index in [1.54, 1.807) is 0 Å². The van der Waals surface area contributed by atoms with Crippen LogP contribution in [0.5, 0.6) is 0 Å². The number of nitrogens with zero attached hydrogens (tertiary/aromatic N) is 3. The molecule has 0 N–H and O–H groups in total. The maximum atomic E-state index is 4.95. The number of hydrogen-bond acceptors (Lipinski definition) is 2. The fourth-order valence-corrected chi connectivity index (χ4v) is 4.59. The zero-order valence-corrected chi connectivity index (χ0v) is 17.9. The highest BCUT2D eigenvalue weighted by atomic mass is 15.2. The highest BCUT2D eigenvalue weighted by molar-refractivity contribution is 6.01. The van der Waals surface area contributed by atoms with Crippen LogP contribution in [0.4, 0.5) is 17.1 Å². The van der Waals surface area contributed by atoms with Crippen molar-refractivity contribution in [2.45, 2.75) is 13.3 Å². The van der Waals surface area contributed by atoms with E-state index in [-0.39, 0.29) is 0 Å². The molecule has 0 radical (unpaired) electrons. The maximum Gasteiger partial charge on any atom is 0.114 e. The first-order valence-electron chi connectivity index (χ1n) is 11.1. The summed E-state index contributed by atoms with van der Waals surface area (Å²) in [5.41, 5.74) is 9.23. The van der Waals surface area contributed by atoms with Crippen LogP contribution in [0.2, 0.25) is 0 Å². The van der Waals surface area contributed by atoms with Crippen LogP contribution in [0, 0.1) is 0 Å². The Balaban J connectivity index is 1.59. The second kappa shape index (κ2) is 7.54. The summed E-state index contributed by atoms with van der Waals surface area (Å²) in [5.74, 6) is 1.09. The van der Waals surface area contributed by atoms with E-state index in [1.165, 1.54) is 28.0 Å². The summed E-state index contributed by atoms with van der Waals surface area (Å²) >= 11 is 0. The summed E-state index contributed by atoms with van der Waals surface area (Å²) in [7, 11) is 0. The van der Waals surface area contributed by atoms with Gasteiger partial charge in [-0.1, -0.05) is 79.7 Å². The first-order valence-corrected chi connectivity index (χ1v) is 11.1. The van der Waals surface area contributed by atoms with Gasteiger partial charge in [-0.05, 0) is 47.5 Å². The summed E-state index contributed by atoms with van der Waals surface area (Å²) in [6.07, 6.45) is 5.23. The lowest BCUT2D eigenvalue weighted by molar-refractivity contribution is 0.900. The van der Waals surface area contributed by atoms with Crippen molar-refractivity contribution in [2.75, 3.05) is 4.90 Å². The minimum absolute atomic E-state index is 0.883. The SMILES string of the molecule is CCc1nc2cccc3c2n1-c1ccc(/C=C/c2ccccc2)cc1N3c1ccccc1. The zero-order chi connectivity index (χ0) is 21.5. The van der Waals surface area contributed by atoms with E-state index in [0.717, 1.165) is 29.1 Å². The molecule has 3 heteroatoms. The Hall–Kier alpha value is -4.11. The molecule has 1 aliphatic heterocycles. The van der Waals surface area contributed by atoms with Gasteiger partial charge in [0.1, 0.15) is 5.82 Å². The summed E-state index contributed by atoms with van der Waals surface area (Å²) in [6.45, 7) is 2.17. The molecule has 0 spiro atoms. The summed E-state index contributed by atoms with van der Waals surface area (Å²) in [6, 6.07) is 34.1. The molecule has 0 saturated heterocycles. The number of imidazole rings is 1. The molecule has 5 aromatic rings. The van der Waals surface area contributed by atoms with Crippen molar-refractivity contribution < 1.29 is 0 Å². The minimum Gasteiger partial charge on any atom is -0.306 e. The van der Waals surface area contributed by atoms with E-state index < -0.39 is 0 Å². The molecule has 4 aromatic carbocycles. The van der Waals surface area contributed by atoms with Crippen molar-refractivity contribution in [1.29, 1.82) is 0 Å². The van der Waals surface area contributed by atoms with Gasteiger partial charge in [0.05, 0.1) is 28.1 Å². The molecule has 0 amide bonds. The molecule has 0 fully saturated rings. The Bertz CT molecular complexity index is 1450. The summed E-state index contributed by atoms with van der Waals surface area (Å²) < 4.78 is 2.34. The third-order valence-corrected chi connectivity index (χ3v) is 6.05. The van der Waals surface area contributed by atoms with Crippen molar-refractivity contribution in [3.05, 3.63) is 114 Å². The van der Waals surface area contributed by atoms with E-state index >= 15 is 0 Å². The Kier molecular flexibility index (Phi) is 4.39. The Morgan fingerprint density at radius 2 is 1.44 bits per heavy atom. The van der Waals surface area contributed by atoms with Gasteiger partial charge in [0.25, 0.3) is 0 Å². The van der Waals surface area contributed by atoms with Gasteiger partial charge < -0.3 is 4.90 Å².